The van der Waals surface area contributed by atoms with E-state index < -0.39 is 0 Å². The van der Waals surface area contributed by atoms with Gasteiger partial charge in [-0.2, -0.15) is 0 Å². The minimum absolute atomic E-state index is 0.309. The fourth-order valence-electron chi connectivity index (χ4n) is 3.55. The Kier molecular flexibility index (Phi) is 7.28. The summed E-state index contributed by atoms with van der Waals surface area (Å²) < 4.78 is 5.18. The van der Waals surface area contributed by atoms with Gasteiger partial charge in [0.15, 0.2) is 0 Å². The van der Waals surface area contributed by atoms with Crippen molar-refractivity contribution in [3.63, 3.8) is 0 Å². The molecule has 1 amide bonds. The lowest BCUT2D eigenvalue weighted by Crippen LogP contribution is -2.48. The van der Waals surface area contributed by atoms with E-state index in [2.05, 4.69) is 47.4 Å². The van der Waals surface area contributed by atoms with Gasteiger partial charge in [0.1, 0.15) is 5.75 Å². The summed E-state index contributed by atoms with van der Waals surface area (Å²) in [6.07, 6.45) is 3.68. The van der Waals surface area contributed by atoms with Crippen molar-refractivity contribution in [3.05, 3.63) is 65.7 Å². The highest BCUT2D eigenvalue weighted by molar-refractivity contribution is 5.76. The number of hydrogen-bond acceptors (Lipinski definition) is 3. The highest BCUT2D eigenvalue weighted by atomic mass is 16.5. The average Bonchev–Trinajstić information content (AvgIpc) is 2.73. The Morgan fingerprint density at radius 2 is 1.59 bits per heavy atom. The molecule has 0 saturated carbocycles. The van der Waals surface area contributed by atoms with Gasteiger partial charge in [-0.3, -0.25) is 9.69 Å². The van der Waals surface area contributed by atoms with Crippen LogP contribution in [0.1, 0.15) is 30.4 Å². The van der Waals surface area contributed by atoms with Crippen LogP contribution in [0.25, 0.3) is 0 Å². The molecule has 4 nitrogen and oxygen atoms in total. The first-order chi connectivity index (χ1) is 13.2. The van der Waals surface area contributed by atoms with E-state index in [9.17, 15) is 4.79 Å². The third-order valence-corrected chi connectivity index (χ3v) is 5.24. The molecule has 2 aromatic rings. The van der Waals surface area contributed by atoms with Gasteiger partial charge in [-0.1, -0.05) is 42.5 Å². The molecule has 0 N–H and O–H groups in total. The van der Waals surface area contributed by atoms with E-state index in [1.807, 2.05) is 17.0 Å². The van der Waals surface area contributed by atoms with Crippen LogP contribution in [-0.4, -0.2) is 49.0 Å². The van der Waals surface area contributed by atoms with Gasteiger partial charge in [0.2, 0.25) is 5.91 Å². The van der Waals surface area contributed by atoms with E-state index in [0.717, 1.165) is 57.7 Å². The third-order valence-electron chi connectivity index (χ3n) is 5.24. The molecule has 1 heterocycles. The maximum absolute atomic E-state index is 12.4. The minimum atomic E-state index is 0.309. The molecule has 1 aliphatic heterocycles. The predicted octanol–water partition coefficient (Wildman–Crippen LogP) is 3.75. The number of rotatable bonds is 8. The molecule has 1 aliphatic rings. The van der Waals surface area contributed by atoms with Gasteiger partial charge in [-0.25, -0.2) is 0 Å². The quantitative estimate of drug-likeness (QED) is 0.667. The first-order valence-electron chi connectivity index (χ1n) is 9.91. The van der Waals surface area contributed by atoms with Crippen molar-refractivity contribution in [2.45, 2.75) is 32.2 Å². The first-order valence-corrected chi connectivity index (χ1v) is 9.91. The molecular weight excluding hydrogens is 336 g/mol. The largest absolute Gasteiger partial charge is 0.497 e. The number of benzene rings is 2. The van der Waals surface area contributed by atoms with E-state index in [0.29, 0.717) is 12.3 Å². The van der Waals surface area contributed by atoms with Crippen molar-refractivity contribution < 1.29 is 9.53 Å². The Balaban J connectivity index is 1.32. The zero-order valence-corrected chi connectivity index (χ0v) is 16.3. The van der Waals surface area contributed by atoms with Gasteiger partial charge < -0.3 is 9.64 Å². The number of piperazine rings is 1. The third kappa shape index (κ3) is 6.10. The number of methoxy groups -OCH3 is 1. The summed E-state index contributed by atoms with van der Waals surface area (Å²) in [7, 11) is 1.68. The lowest BCUT2D eigenvalue weighted by molar-refractivity contribution is -0.133. The van der Waals surface area contributed by atoms with Crippen LogP contribution in [0.5, 0.6) is 5.75 Å². The van der Waals surface area contributed by atoms with Crippen LogP contribution < -0.4 is 4.74 Å². The molecule has 3 rings (SSSR count). The Labute approximate surface area is 162 Å². The number of ether oxygens (including phenoxy) is 1. The Morgan fingerprint density at radius 1 is 0.889 bits per heavy atom. The zero-order valence-electron chi connectivity index (χ0n) is 16.3. The maximum Gasteiger partial charge on any atom is 0.222 e. The van der Waals surface area contributed by atoms with E-state index in [4.69, 9.17) is 4.74 Å². The lowest BCUT2D eigenvalue weighted by atomic mass is 10.1. The highest BCUT2D eigenvalue weighted by Crippen LogP contribution is 2.14. The van der Waals surface area contributed by atoms with Crippen molar-refractivity contribution in [2.75, 3.05) is 33.3 Å². The van der Waals surface area contributed by atoms with Crippen molar-refractivity contribution >= 4 is 5.91 Å². The first kappa shape index (κ1) is 19.4. The molecule has 1 fully saturated rings. The number of hydrogen-bond donors (Lipinski definition) is 0. The van der Waals surface area contributed by atoms with E-state index in [-0.39, 0.29) is 0 Å². The average molecular weight is 367 g/mol. The van der Waals surface area contributed by atoms with Gasteiger partial charge in [-0.15, -0.1) is 0 Å². The molecule has 4 heteroatoms. The van der Waals surface area contributed by atoms with Crippen molar-refractivity contribution in [2.24, 2.45) is 0 Å². The van der Waals surface area contributed by atoms with E-state index in [1.165, 1.54) is 11.1 Å². The maximum atomic E-state index is 12.4. The second-order valence-electron chi connectivity index (χ2n) is 7.20. The monoisotopic (exact) mass is 366 g/mol. The zero-order chi connectivity index (χ0) is 18.9. The topological polar surface area (TPSA) is 32.8 Å². The second kappa shape index (κ2) is 10.1. The molecule has 1 saturated heterocycles. The van der Waals surface area contributed by atoms with Crippen LogP contribution in [0, 0.1) is 0 Å². The summed E-state index contributed by atoms with van der Waals surface area (Å²) in [4.78, 5) is 16.9. The molecular formula is C23H30N2O2. The fourth-order valence-corrected chi connectivity index (χ4v) is 3.55. The summed E-state index contributed by atoms with van der Waals surface area (Å²) in [6, 6.07) is 18.8. The molecule has 0 atom stereocenters. The number of aryl methyl sites for hydroxylation is 1. The number of amides is 1. The molecule has 0 aliphatic carbocycles. The molecule has 2 aromatic carbocycles. The van der Waals surface area contributed by atoms with Crippen LogP contribution >= 0.6 is 0 Å². The van der Waals surface area contributed by atoms with Crippen molar-refractivity contribution in [1.82, 2.24) is 9.80 Å². The van der Waals surface area contributed by atoms with Crippen molar-refractivity contribution in [3.8, 4) is 5.75 Å². The Hall–Kier alpha value is -2.33. The Bertz CT molecular complexity index is 692. The number of nitrogens with zero attached hydrogens (tertiary/aromatic N) is 2. The summed E-state index contributed by atoms with van der Waals surface area (Å²) in [6.45, 7) is 4.61. The van der Waals surface area contributed by atoms with Gasteiger partial charge >= 0.3 is 0 Å². The molecule has 144 valence electrons. The molecule has 0 spiro atoms. The van der Waals surface area contributed by atoms with Crippen LogP contribution in [0.3, 0.4) is 0 Å². The number of carbonyl (C=O) groups is 1. The van der Waals surface area contributed by atoms with Crippen LogP contribution in [-0.2, 0) is 17.8 Å². The molecule has 27 heavy (non-hydrogen) atoms. The lowest BCUT2D eigenvalue weighted by Gasteiger charge is -2.34. The second-order valence-corrected chi connectivity index (χ2v) is 7.20. The van der Waals surface area contributed by atoms with Crippen LogP contribution in [0.2, 0.25) is 0 Å². The predicted molar refractivity (Wildman–Crippen MR) is 109 cm³/mol. The highest BCUT2D eigenvalue weighted by Gasteiger charge is 2.20. The number of unbranched alkanes of at least 4 members (excludes halogenated alkanes) is 1. The molecule has 0 bridgehead atoms. The smallest absolute Gasteiger partial charge is 0.222 e. The summed E-state index contributed by atoms with van der Waals surface area (Å²) >= 11 is 0. The van der Waals surface area contributed by atoms with Gasteiger partial charge in [0.25, 0.3) is 0 Å². The summed E-state index contributed by atoms with van der Waals surface area (Å²) in [5.74, 6) is 1.20. The minimum Gasteiger partial charge on any atom is -0.497 e. The summed E-state index contributed by atoms with van der Waals surface area (Å²) in [5, 5.41) is 0. The van der Waals surface area contributed by atoms with Gasteiger partial charge in [-0.05, 0) is 42.5 Å². The standard InChI is InChI=1S/C23H30N2O2/c1-27-22-13-11-20(12-14-22)7-5-6-10-23(26)25-17-15-24(16-18-25)19-21-8-3-2-4-9-21/h2-4,8-9,11-14H,5-7,10,15-19H2,1H3. The molecule has 0 radical (unpaired) electrons. The van der Waals surface area contributed by atoms with Crippen LogP contribution in [0.4, 0.5) is 0 Å². The Morgan fingerprint density at radius 3 is 2.26 bits per heavy atom. The normalized spacial score (nSPS) is 14.9. The fraction of sp³-hybridized carbons (Fsp3) is 0.435. The van der Waals surface area contributed by atoms with E-state index >= 15 is 0 Å². The summed E-state index contributed by atoms with van der Waals surface area (Å²) in [5.41, 5.74) is 2.65. The van der Waals surface area contributed by atoms with E-state index in [1.54, 1.807) is 7.11 Å². The molecule has 0 aromatic heterocycles. The van der Waals surface area contributed by atoms with Crippen molar-refractivity contribution in [1.29, 1.82) is 0 Å². The van der Waals surface area contributed by atoms with Gasteiger partial charge in [0, 0.05) is 39.1 Å². The van der Waals surface area contributed by atoms with Crippen LogP contribution in [0.15, 0.2) is 54.6 Å². The molecule has 0 unspecified atom stereocenters. The number of carbonyl (C=O) groups excluding carboxylic acids is 1. The SMILES string of the molecule is COc1ccc(CCCCC(=O)N2CCN(Cc3ccccc3)CC2)cc1. The van der Waals surface area contributed by atoms with Gasteiger partial charge in [0.05, 0.1) is 7.11 Å².